The van der Waals surface area contributed by atoms with Crippen molar-refractivity contribution in [1.82, 2.24) is 10.3 Å². The Labute approximate surface area is 162 Å². The Kier molecular flexibility index (Phi) is 7.25. The van der Waals surface area contributed by atoms with Gasteiger partial charge in [-0.05, 0) is 23.6 Å². The number of nitrogens with two attached hydrogens (primary N) is 1. The Morgan fingerprint density at radius 2 is 1.96 bits per heavy atom. The summed E-state index contributed by atoms with van der Waals surface area (Å²) in [6, 6.07) is 9.38. The normalized spacial score (nSPS) is 18.8. The van der Waals surface area contributed by atoms with Crippen LogP contribution in [-0.4, -0.2) is 27.9 Å². The molecule has 1 saturated heterocycles. The van der Waals surface area contributed by atoms with Gasteiger partial charge in [-0.3, -0.25) is 10.1 Å². The van der Waals surface area contributed by atoms with Gasteiger partial charge >= 0.3 is 5.97 Å². The van der Waals surface area contributed by atoms with Gasteiger partial charge in [-0.1, -0.05) is 39.8 Å². The second kappa shape index (κ2) is 9.21. The van der Waals surface area contributed by atoms with Crippen LogP contribution in [0, 0.1) is 0 Å². The van der Waals surface area contributed by atoms with Crippen molar-refractivity contribution in [3.63, 3.8) is 0 Å². The fourth-order valence-corrected chi connectivity index (χ4v) is 5.09. The van der Waals surface area contributed by atoms with Crippen LogP contribution >= 0.6 is 23.1 Å². The molecule has 26 heavy (non-hydrogen) atoms. The lowest BCUT2D eigenvalue weighted by Crippen LogP contribution is -2.33. The third-order valence-electron chi connectivity index (χ3n) is 3.72. The zero-order valence-electron chi connectivity index (χ0n) is 15.4. The van der Waals surface area contributed by atoms with Gasteiger partial charge in [0.2, 0.25) is 0 Å². The van der Waals surface area contributed by atoms with Gasteiger partial charge < -0.3 is 10.8 Å². The van der Waals surface area contributed by atoms with Gasteiger partial charge in [0, 0.05) is 16.8 Å². The summed E-state index contributed by atoms with van der Waals surface area (Å²) >= 11 is 3.21. The maximum atomic E-state index is 11.1. The minimum atomic E-state index is -0.808. The maximum absolute atomic E-state index is 11.1. The number of thioether (sulfide) groups is 1. The summed E-state index contributed by atoms with van der Waals surface area (Å²) < 4.78 is 1.12. The number of fused-ring (bicyclic) bond motifs is 3. The van der Waals surface area contributed by atoms with Gasteiger partial charge in [0.15, 0.2) is 0 Å². The first-order valence-electron chi connectivity index (χ1n) is 8.81. The molecule has 0 spiro atoms. The van der Waals surface area contributed by atoms with E-state index in [0.717, 1.165) is 31.7 Å². The summed E-state index contributed by atoms with van der Waals surface area (Å²) in [5, 5.41) is 15.3. The van der Waals surface area contributed by atoms with Gasteiger partial charge in [0.1, 0.15) is 16.4 Å². The Balaban J connectivity index is 0.000000570. The second-order valence-corrected chi connectivity index (χ2v) is 7.39. The van der Waals surface area contributed by atoms with Crippen molar-refractivity contribution in [2.45, 2.75) is 39.1 Å². The Bertz CT molecular complexity index is 895. The molecule has 140 valence electrons. The van der Waals surface area contributed by atoms with E-state index in [-0.39, 0.29) is 5.37 Å². The molecule has 1 fully saturated rings. The second-order valence-electron chi connectivity index (χ2n) is 5.22. The first-order valence-corrected chi connectivity index (χ1v) is 10.7. The van der Waals surface area contributed by atoms with Gasteiger partial charge in [0.25, 0.3) is 0 Å². The monoisotopic (exact) mass is 391 g/mol. The van der Waals surface area contributed by atoms with Gasteiger partial charge in [0.05, 0.1) is 10.2 Å². The number of nitrogens with one attached hydrogen (secondary N) is 1. The SMILES string of the molecule is CC.CC.Nc1ccc2c(ccc3nc(C4NC(C(=O)O)CS4)sc32)c1. The first kappa shape index (κ1) is 20.5. The van der Waals surface area contributed by atoms with Gasteiger partial charge in [-0.2, -0.15) is 0 Å². The zero-order chi connectivity index (χ0) is 19.3. The molecule has 5 nitrogen and oxygen atoms in total. The number of nitrogen functional groups attached to an aromatic ring is 1. The highest BCUT2D eigenvalue weighted by Gasteiger charge is 2.32. The average Bonchev–Trinajstić information content (AvgIpc) is 3.31. The van der Waals surface area contributed by atoms with E-state index in [9.17, 15) is 4.79 Å². The highest BCUT2D eigenvalue weighted by atomic mass is 32.2. The van der Waals surface area contributed by atoms with Crippen LogP contribution in [0.15, 0.2) is 30.3 Å². The molecule has 7 heteroatoms. The van der Waals surface area contributed by atoms with E-state index in [1.165, 1.54) is 0 Å². The van der Waals surface area contributed by atoms with Crippen molar-refractivity contribution in [2.75, 3.05) is 11.5 Å². The van der Waals surface area contributed by atoms with Crippen molar-refractivity contribution in [3.05, 3.63) is 35.3 Å². The van der Waals surface area contributed by atoms with Crippen LogP contribution < -0.4 is 11.1 Å². The Morgan fingerprint density at radius 1 is 1.23 bits per heavy atom. The predicted molar refractivity (Wildman–Crippen MR) is 114 cm³/mol. The lowest BCUT2D eigenvalue weighted by atomic mass is 10.1. The summed E-state index contributed by atoms with van der Waals surface area (Å²) in [6.07, 6.45) is 0. The summed E-state index contributed by atoms with van der Waals surface area (Å²) in [6.45, 7) is 8.00. The van der Waals surface area contributed by atoms with Crippen molar-refractivity contribution >= 4 is 55.7 Å². The average molecular weight is 392 g/mol. The van der Waals surface area contributed by atoms with Crippen molar-refractivity contribution in [1.29, 1.82) is 0 Å². The Hall–Kier alpha value is -1.83. The summed E-state index contributed by atoms with van der Waals surface area (Å²) in [4.78, 5) is 15.7. The number of hydrogen-bond acceptors (Lipinski definition) is 6. The summed E-state index contributed by atoms with van der Waals surface area (Å²) in [7, 11) is 0. The molecule has 2 aromatic carbocycles. The topological polar surface area (TPSA) is 88.2 Å². The number of benzene rings is 2. The minimum absolute atomic E-state index is 0.0534. The highest BCUT2D eigenvalue weighted by Crippen LogP contribution is 2.39. The van der Waals surface area contributed by atoms with E-state index < -0.39 is 12.0 Å². The summed E-state index contributed by atoms with van der Waals surface area (Å²) in [5.74, 6) is -0.246. The number of carboxylic acid groups (broad SMARTS) is 1. The number of carboxylic acids is 1. The van der Waals surface area contributed by atoms with E-state index in [0.29, 0.717) is 5.75 Å². The molecule has 0 saturated carbocycles. The number of anilines is 1. The molecule has 0 bridgehead atoms. The minimum Gasteiger partial charge on any atom is -0.480 e. The van der Waals surface area contributed by atoms with Crippen molar-refractivity contribution in [3.8, 4) is 0 Å². The third kappa shape index (κ3) is 4.11. The van der Waals surface area contributed by atoms with Crippen LogP contribution in [0.3, 0.4) is 0 Å². The lowest BCUT2D eigenvalue weighted by Gasteiger charge is -2.06. The van der Waals surface area contributed by atoms with Gasteiger partial charge in [-0.25, -0.2) is 4.98 Å². The van der Waals surface area contributed by atoms with E-state index >= 15 is 0 Å². The molecule has 1 aliphatic heterocycles. The summed E-state index contributed by atoms with van der Waals surface area (Å²) in [5.41, 5.74) is 7.52. The molecule has 0 amide bonds. The fourth-order valence-electron chi connectivity index (χ4n) is 2.62. The Morgan fingerprint density at radius 3 is 2.62 bits per heavy atom. The first-order chi connectivity index (χ1) is 12.6. The highest BCUT2D eigenvalue weighted by molar-refractivity contribution is 7.99. The molecule has 3 aromatic rings. The zero-order valence-corrected chi connectivity index (χ0v) is 17.1. The quantitative estimate of drug-likeness (QED) is 0.540. The number of thiazole rings is 1. The molecule has 1 aliphatic rings. The molecule has 2 atom stereocenters. The number of carbonyl (C=O) groups is 1. The molecule has 4 rings (SSSR count). The van der Waals surface area contributed by atoms with E-state index in [2.05, 4.69) is 10.3 Å². The molecular weight excluding hydrogens is 366 g/mol. The van der Waals surface area contributed by atoms with E-state index in [1.807, 2.05) is 58.0 Å². The fraction of sp³-hybridized carbons (Fsp3) is 0.368. The van der Waals surface area contributed by atoms with Gasteiger partial charge in [-0.15, -0.1) is 23.1 Å². The number of nitrogens with zero attached hydrogens (tertiary/aromatic N) is 1. The smallest absolute Gasteiger partial charge is 0.321 e. The molecule has 2 heterocycles. The third-order valence-corrected chi connectivity index (χ3v) is 6.25. The molecule has 1 aromatic heterocycles. The van der Waals surface area contributed by atoms with Crippen LogP contribution in [0.4, 0.5) is 5.69 Å². The largest absolute Gasteiger partial charge is 0.480 e. The molecular formula is C19H25N3O2S2. The standard InChI is InChI=1S/C15H13N3O2S2.2C2H6/c16-8-2-3-9-7(5-8)1-4-10-12(9)22-14(17-10)13-18-11(6-21-13)15(19)20;2*1-2/h1-5,11,13,18H,6,16H2,(H,19,20);2*1-2H3. The van der Waals surface area contributed by atoms with Crippen LogP contribution in [0.5, 0.6) is 0 Å². The predicted octanol–water partition coefficient (Wildman–Crippen LogP) is 4.87. The molecule has 0 aliphatic carbocycles. The lowest BCUT2D eigenvalue weighted by molar-refractivity contribution is -0.138. The van der Waals surface area contributed by atoms with E-state index in [4.69, 9.17) is 10.8 Å². The van der Waals surface area contributed by atoms with Crippen LogP contribution in [0.1, 0.15) is 38.1 Å². The molecule has 0 radical (unpaired) electrons. The van der Waals surface area contributed by atoms with Crippen molar-refractivity contribution < 1.29 is 9.90 Å². The molecule has 4 N–H and O–H groups in total. The number of aromatic nitrogens is 1. The number of aliphatic carboxylic acids is 1. The maximum Gasteiger partial charge on any atom is 0.321 e. The molecule has 2 unspecified atom stereocenters. The van der Waals surface area contributed by atoms with Crippen LogP contribution in [0.2, 0.25) is 0 Å². The van der Waals surface area contributed by atoms with Crippen LogP contribution in [0.25, 0.3) is 21.0 Å². The van der Waals surface area contributed by atoms with Crippen molar-refractivity contribution in [2.24, 2.45) is 0 Å². The number of hydrogen-bond donors (Lipinski definition) is 3. The van der Waals surface area contributed by atoms with E-state index in [1.54, 1.807) is 23.1 Å². The van der Waals surface area contributed by atoms with Crippen LogP contribution in [-0.2, 0) is 4.79 Å². The number of rotatable bonds is 2.